The lowest BCUT2D eigenvalue weighted by Gasteiger charge is -2.01. The molecular weight excluding hydrogens is 284 g/mol. The van der Waals surface area contributed by atoms with E-state index in [9.17, 15) is 0 Å². The third kappa shape index (κ3) is 2.23. The normalized spacial score (nSPS) is 19.7. The number of aromatic nitrogens is 3. The Kier molecular flexibility index (Phi) is 2.90. The fraction of sp³-hybridized carbons (Fsp3) is 0.364. The van der Waals surface area contributed by atoms with E-state index in [4.69, 9.17) is 4.52 Å². The van der Waals surface area contributed by atoms with Crippen molar-refractivity contribution in [2.45, 2.75) is 18.9 Å². The summed E-state index contributed by atoms with van der Waals surface area (Å²) >= 11 is 3.37. The Morgan fingerprint density at radius 1 is 1.41 bits per heavy atom. The lowest BCUT2D eigenvalue weighted by atomic mass is 10.2. The molecule has 0 bridgehead atoms. The van der Waals surface area contributed by atoms with Gasteiger partial charge in [0.2, 0.25) is 11.7 Å². The van der Waals surface area contributed by atoms with Crippen LogP contribution in [0.3, 0.4) is 0 Å². The molecule has 5 nitrogen and oxygen atoms in total. The monoisotopic (exact) mass is 294 g/mol. The summed E-state index contributed by atoms with van der Waals surface area (Å²) in [5.74, 6) is 1.25. The van der Waals surface area contributed by atoms with Gasteiger partial charge in [0.15, 0.2) is 0 Å². The Morgan fingerprint density at radius 2 is 2.35 bits per heavy atom. The van der Waals surface area contributed by atoms with Crippen LogP contribution in [-0.4, -0.2) is 21.7 Å². The van der Waals surface area contributed by atoms with Gasteiger partial charge in [0.25, 0.3) is 0 Å². The van der Waals surface area contributed by atoms with Crippen LogP contribution in [0.1, 0.15) is 24.8 Å². The van der Waals surface area contributed by atoms with Crippen LogP contribution in [-0.2, 0) is 0 Å². The highest BCUT2D eigenvalue weighted by Crippen LogP contribution is 2.24. The molecule has 1 aliphatic heterocycles. The van der Waals surface area contributed by atoms with E-state index >= 15 is 0 Å². The lowest BCUT2D eigenvalue weighted by Crippen LogP contribution is -2.12. The zero-order valence-electron chi connectivity index (χ0n) is 9.06. The van der Waals surface area contributed by atoms with Crippen LogP contribution in [0.2, 0.25) is 0 Å². The van der Waals surface area contributed by atoms with Crippen molar-refractivity contribution in [1.29, 1.82) is 0 Å². The van der Waals surface area contributed by atoms with Gasteiger partial charge in [-0.1, -0.05) is 5.16 Å². The predicted octanol–water partition coefficient (Wildman–Crippen LogP) is 2.32. The second-order valence-corrected chi connectivity index (χ2v) is 4.91. The minimum absolute atomic E-state index is 0.205. The molecule has 2 aromatic rings. The summed E-state index contributed by atoms with van der Waals surface area (Å²) in [5, 5.41) is 7.31. The van der Waals surface area contributed by atoms with E-state index in [-0.39, 0.29) is 6.04 Å². The van der Waals surface area contributed by atoms with E-state index in [0.29, 0.717) is 11.7 Å². The maximum absolute atomic E-state index is 5.28. The van der Waals surface area contributed by atoms with E-state index in [1.807, 2.05) is 6.07 Å². The van der Waals surface area contributed by atoms with Gasteiger partial charge in [-0.05, 0) is 41.4 Å². The van der Waals surface area contributed by atoms with Crippen LogP contribution in [0.5, 0.6) is 0 Å². The molecule has 3 heterocycles. The molecule has 1 atom stereocenters. The quantitative estimate of drug-likeness (QED) is 0.921. The Bertz CT molecular complexity index is 522. The van der Waals surface area contributed by atoms with Gasteiger partial charge in [0.1, 0.15) is 0 Å². The molecule has 0 amide bonds. The van der Waals surface area contributed by atoms with Crippen molar-refractivity contribution >= 4 is 15.9 Å². The summed E-state index contributed by atoms with van der Waals surface area (Å²) in [6, 6.07) is 2.13. The Labute approximate surface area is 107 Å². The fourth-order valence-corrected chi connectivity index (χ4v) is 2.29. The van der Waals surface area contributed by atoms with E-state index < -0.39 is 0 Å². The lowest BCUT2D eigenvalue weighted by molar-refractivity contribution is 0.345. The molecule has 2 aromatic heterocycles. The molecular formula is C11H11BrN4O. The summed E-state index contributed by atoms with van der Waals surface area (Å²) < 4.78 is 6.18. The van der Waals surface area contributed by atoms with Gasteiger partial charge in [-0.3, -0.25) is 4.98 Å². The molecule has 0 aliphatic carbocycles. The van der Waals surface area contributed by atoms with Crippen LogP contribution in [0.25, 0.3) is 11.4 Å². The third-order valence-corrected chi connectivity index (χ3v) is 3.20. The Morgan fingerprint density at radius 3 is 3.12 bits per heavy atom. The van der Waals surface area contributed by atoms with Crippen molar-refractivity contribution in [3.8, 4) is 11.4 Å². The minimum Gasteiger partial charge on any atom is -0.337 e. The van der Waals surface area contributed by atoms with Gasteiger partial charge in [0.05, 0.1) is 6.04 Å². The zero-order chi connectivity index (χ0) is 11.7. The molecule has 0 aromatic carbocycles. The Hall–Kier alpha value is -1.27. The molecule has 1 unspecified atom stereocenters. The summed E-state index contributed by atoms with van der Waals surface area (Å²) in [7, 11) is 0. The molecule has 17 heavy (non-hydrogen) atoms. The van der Waals surface area contributed by atoms with Crippen molar-refractivity contribution in [3.05, 3.63) is 28.8 Å². The SMILES string of the molecule is Brc1cncc(-c2noc(C3CCCN3)n2)c1. The van der Waals surface area contributed by atoms with Crippen LogP contribution >= 0.6 is 15.9 Å². The summed E-state index contributed by atoms with van der Waals surface area (Å²) in [6.45, 7) is 1.01. The van der Waals surface area contributed by atoms with Crippen molar-refractivity contribution in [2.24, 2.45) is 0 Å². The average Bonchev–Trinajstić information content (AvgIpc) is 3.00. The molecule has 1 fully saturated rings. The number of hydrogen-bond donors (Lipinski definition) is 1. The average molecular weight is 295 g/mol. The van der Waals surface area contributed by atoms with Gasteiger partial charge >= 0.3 is 0 Å². The molecule has 1 N–H and O–H groups in total. The summed E-state index contributed by atoms with van der Waals surface area (Å²) in [5.41, 5.74) is 0.854. The maximum atomic E-state index is 5.28. The van der Waals surface area contributed by atoms with E-state index in [1.54, 1.807) is 12.4 Å². The molecule has 0 radical (unpaired) electrons. The molecule has 3 rings (SSSR count). The van der Waals surface area contributed by atoms with Gasteiger partial charge in [-0.2, -0.15) is 4.98 Å². The predicted molar refractivity (Wildman–Crippen MR) is 65.2 cm³/mol. The first-order chi connectivity index (χ1) is 8.33. The second-order valence-electron chi connectivity index (χ2n) is 4.00. The first-order valence-corrected chi connectivity index (χ1v) is 6.30. The highest BCUT2D eigenvalue weighted by atomic mass is 79.9. The van der Waals surface area contributed by atoms with Gasteiger partial charge in [-0.15, -0.1) is 0 Å². The van der Waals surface area contributed by atoms with Gasteiger partial charge in [-0.25, -0.2) is 0 Å². The molecule has 0 spiro atoms. The number of hydrogen-bond acceptors (Lipinski definition) is 5. The first-order valence-electron chi connectivity index (χ1n) is 5.51. The maximum Gasteiger partial charge on any atom is 0.244 e. The first kappa shape index (κ1) is 10.9. The van der Waals surface area contributed by atoms with E-state index in [0.717, 1.165) is 29.4 Å². The number of rotatable bonds is 2. The fourth-order valence-electron chi connectivity index (χ4n) is 1.92. The second kappa shape index (κ2) is 4.54. The topological polar surface area (TPSA) is 63.8 Å². The highest BCUT2D eigenvalue weighted by Gasteiger charge is 2.22. The van der Waals surface area contributed by atoms with E-state index in [2.05, 4.69) is 36.4 Å². The molecule has 0 saturated carbocycles. The van der Waals surface area contributed by atoms with Crippen LogP contribution in [0.15, 0.2) is 27.5 Å². The molecule has 1 saturated heterocycles. The van der Waals surface area contributed by atoms with Crippen molar-refractivity contribution in [2.75, 3.05) is 6.54 Å². The van der Waals surface area contributed by atoms with Crippen LogP contribution in [0, 0.1) is 0 Å². The number of pyridine rings is 1. The molecule has 6 heteroatoms. The van der Waals surface area contributed by atoms with Crippen molar-refractivity contribution in [3.63, 3.8) is 0 Å². The Balaban J connectivity index is 1.89. The highest BCUT2D eigenvalue weighted by molar-refractivity contribution is 9.10. The standard InChI is InChI=1S/C11H11BrN4O/c12-8-4-7(5-13-6-8)10-15-11(17-16-10)9-2-1-3-14-9/h4-6,9,14H,1-3H2. The zero-order valence-corrected chi connectivity index (χ0v) is 10.6. The van der Waals surface area contributed by atoms with Gasteiger partial charge in [0, 0.05) is 22.4 Å². The molecule has 88 valence electrons. The van der Waals surface area contributed by atoms with Crippen LogP contribution < -0.4 is 5.32 Å². The van der Waals surface area contributed by atoms with Crippen molar-refractivity contribution in [1.82, 2.24) is 20.4 Å². The van der Waals surface area contributed by atoms with Crippen LogP contribution in [0.4, 0.5) is 0 Å². The van der Waals surface area contributed by atoms with E-state index in [1.165, 1.54) is 0 Å². The largest absolute Gasteiger partial charge is 0.337 e. The number of nitrogens with one attached hydrogen (secondary N) is 1. The summed E-state index contributed by atoms with van der Waals surface area (Å²) in [4.78, 5) is 8.49. The number of halogens is 1. The minimum atomic E-state index is 0.205. The smallest absolute Gasteiger partial charge is 0.244 e. The third-order valence-electron chi connectivity index (χ3n) is 2.76. The number of nitrogens with zero attached hydrogens (tertiary/aromatic N) is 3. The van der Waals surface area contributed by atoms with Gasteiger partial charge < -0.3 is 9.84 Å². The van der Waals surface area contributed by atoms with Crippen molar-refractivity contribution < 1.29 is 4.52 Å². The molecule has 1 aliphatic rings. The summed E-state index contributed by atoms with van der Waals surface area (Å²) in [6.07, 6.45) is 5.66.